The first-order chi connectivity index (χ1) is 9.00. The normalized spacial score (nSPS) is 21.3. The molecule has 2 rings (SSSR count). The van der Waals surface area contributed by atoms with Crippen molar-refractivity contribution in [3.8, 4) is 0 Å². The molecule has 0 bridgehead atoms. The van der Waals surface area contributed by atoms with Crippen molar-refractivity contribution in [2.45, 2.75) is 51.0 Å². The highest BCUT2D eigenvalue weighted by atomic mass is 19.3. The second kappa shape index (κ2) is 5.97. The van der Waals surface area contributed by atoms with Gasteiger partial charge >= 0.3 is 0 Å². The molecule has 2 nitrogen and oxygen atoms in total. The minimum absolute atomic E-state index is 0.0103. The molecule has 4 heteroatoms. The Hall–Kier alpha value is -1.00. The highest BCUT2D eigenvalue weighted by Crippen LogP contribution is 2.37. The fraction of sp³-hybridized carbons (Fsp3) is 0.600. The molecule has 0 aromatic heterocycles. The summed E-state index contributed by atoms with van der Waals surface area (Å²) in [5.41, 5.74) is 5.24. The van der Waals surface area contributed by atoms with Crippen molar-refractivity contribution >= 4 is 0 Å². The SMILES string of the molecule is Cc1cccc(CC(NN)C2CCC(F)(F)CC2)c1. The van der Waals surface area contributed by atoms with Crippen LogP contribution in [0.3, 0.4) is 0 Å². The summed E-state index contributed by atoms with van der Waals surface area (Å²) in [5, 5.41) is 0. The molecule has 106 valence electrons. The molecule has 19 heavy (non-hydrogen) atoms. The van der Waals surface area contributed by atoms with Gasteiger partial charge in [-0.05, 0) is 37.7 Å². The number of hydrogen-bond acceptors (Lipinski definition) is 2. The zero-order valence-electron chi connectivity index (χ0n) is 11.3. The van der Waals surface area contributed by atoms with Crippen molar-refractivity contribution in [2.24, 2.45) is 11.8 Å². The maximum absolute atomic E-state index is 13.2. The fourth-order valence-electron chi connectivity index (χ4n) is 2.92. The lowest BCUT2D eigenvalue weighted by Crippen LogP contribution is -2.44. The molecule has 1 aromatic rings. The number of rotatable bonds is 4. The predicted molar refractivity (Wildman–Crippen MR) is 72.9 cm³/mol. The monoisotopic (exact) mass is 268 g/mol. The summed E-state index contributed by atoms with van der Waals surface area (Å²) in [4.78, 5) is 0. The number of halogens is 2. The van der Waals surface area contributed by atoms with Crippen LogP contribution in [-0.4, -0.2) is 12.0 Å². The zero-order chi connectivity index (χ0) is 13.9. The summed E-state index contributed by atoms with van der Waals surface area (Å²) in [6.07, 6.45) is 1.88. The first-order valence-corrected chi connectivity index (χ1v) is 6.90. The van der Waals surface area contributed by atoms with Crippen LogP contribution in [0.5, 0.6) is 0 Å². The lowest BCUT2D eigenvalue weighted by molar-refractivity contribution is -0.0495. The van der Waals surface area contributed by atoms with Gasteiger partial charge in [0.15, 0.2) is 0 Å². The van der Waals surface area contributed by atoms with Gasteiger partial charge in [-0.15, -0.1) is 0 Å². The van der Waals surface area contributed by atoms with Gasteiger partial charge in [0.25, 0.3) is 0 Å². The third-order valence-electron chi connectivity index (χ3n) is 4.08. The van der Waals surface area contributed by atoms with E-state index < -0.39 is 5.92 Å². The summed E-state index contributed by atoms with van der Waals surface area (Å²) < 4.78 is 26.3. The van der Waals surface area contributed by atoms with E-state index in [-0.39, 0.29) is 24.8 Å². The fourth-order valence-corrected chi connectivity index (χ4v) is 2.92. The van der Waals surface area contributed by atoms with Crippen LogP contribution in [0.1, 0.15) is 36.8 Å². The van der Waals surface area contributed by atoms with Crippen LogP contribution in [0.2, 0.25) is 0 Å². The number of nitrogens with two attached hydrogens (primary N) is 1. The summed E-state index contributed by atoms with van der Waals surface area (Å²) in [6.45, 7) is 2.05. The molecule has 1 aliphatic rings. The Morgan fingerprint density at radius 1 is 1.37 bits per heavy atom. The van der Waals surface area contributed by atoms with Crippen LogP contribution in [0.4, 0.5) is 8.78 Å². The Bertz CT molecular complexity index is 410. The number of benzene rings is 1. The van der Waals surface area contributed by atoms with Gasteiger partial charge in [-0.3, -0.25) is 11.3 Å². The van der Waals surface area contributed by atoms with Gasteiger partial charge in [-0.25, -0.2) is 8.78 Å². The molecule has 0 radical (unpaired) electrons. The van der Waals surface area contributed by atoms with Crippen molar-refractivity contribution in [1.29, 1.82) is 0 Å². The van der Waals surface area contributed by atoms with Gasteiger partial charge in [0, 0.05) is 18.9 Å². The van der Waals surface area contributed by atoms with Crippen LogP contribution >= 0.6 is 0 Å². The van der Waals surface area contributed by atoms with Crippen LogP contribution in [0.25, 0.3) is 0 Å². The molecular weight excluding hydrogens is 246 g/mol. The van der Waals surface area contributed by atoms with E-state index in [0.717, 1.165) is 6.42 Å². The number of hydrogen-bond donors (Lipinski definition) is 2. The van der Waals surface area contributed by atoms with Crippen LogP contribution < -0.4 is 11.3 Å². The van der Waals surface area contributed by atoms with E-state index >= 15 is 0 Å². The Morgan fingerprint density at radius 2 is 2.05 bits per heavy atom. The second-order valence-electron chi connectivity index (χ2n) is 5.66. The van der Waals surface area contributed by atoms with E-state index in [1.807, 2.05) is 6.07 Å². The predicted octanol–water partition coefficient (Wildman–Crippen LogP) is 3.19. The molecule has 1 aromatic carbocycles. The molecule has 0 heterocycles. The smallest absolute Gasteiger partial charge is 0.248 e. The van der Waals surface area contributed by atoms with Gasteiger partial charge in [-0.2, -0.15) is 0 Å². The third kappa shape index (κ3) is 3.98. The average molecular weight is 268 g/mol. The lowest BCUT2D eigenvalue weighted by Gasteiger charge is -2.33. The summed E-state index contributed by atoms with van der Waals surface area (Å²) in [5.74, 6) is 3.39. The van der Waals surface area contributed by atoms with E-state index in [1.54, 1.807) is 0 Å². The molecular formula is C15H22F2N2. The quantitative estimate of drug-likeness (QED) is 0.650. The van der Waals surface area contributed by atoms with Gasteiger partial charge in [-0.1, -0.05) is 29.8 Å². The van der Waals surface area contributed by atoms with Gasteiger partial charge < -0.3 is 0 Å². The minimum atomic E-state index is -2.47. The number of nitrogens with one attached hydrogen (secondary N) is 1. The Morgan fingerprint density at radius 3 is 2.63 bits per heavy atom. The number of alkyl halides is 2. The topological polar surface area (TPSA) is 38.0 Å². The Balaban J connectivity index is 1.97. The first-order valence-electron chi connectivity index (χ1n) is 6.90. The maximum atomic E-state index is 13.2. The zero-order valence-corrected chi connectivity index (χ0v) is 11.3. The largest absolute Gasteiger partial charge is 0.271 e. The molecule has 0 spiro atoms. The van der Waals surface area contributed by atoms with E-state index in [1.165, 1.54) is 11.1 Å². The first kappa shape index (κ1) is 14.4. The highest BCUT2D eigenvalue weighted by Gasteiger charge is 2.37. The van der Waals surface area contributed by atoms with Gasteiger partial charge in [0.2, 0.25) is 5.92 Å². The third-order valence-corrected chi connectivity index (χ3v) is 4.08. The van der Waals surface area contributed by atoms with E-state index in [4.69, 9.17) is 5.84 Å². The van der Waals surface area contributed by atoms with E-state index in [0.29, 0.717) is 12.8 Å². The molecule has 0 aliphatic heterocycles. The van der Waals surface area contributed by atoms with Gasteiger partial charge in [0.05, 0.1) is 0 Å². The van der Waals surface area contributed by atoms with Crippen LogP contribution in [0, 0.1) is 12.8 Å². The van der Waals surface area contributed by atoms with Crippen LogP contribution in [0.15, 0.2) is 24.3 Å². The van der Waals surface area contributed by atoms with Crippen molar-refractivity contribution < 1.29 is 8.78 Å². The summed E-state index contributed by atoms with van der Waals surface area (Å²) in [7, 11) is 0. The molecule has 1 aliphatic carbocycles. The minimum Gasteiger partial charge on any atom is -0.271 e. The van der Waals surface area contributed by atoms with Gasteiger partial charge in [0.1, 0.15) is 0 Å². The molecule has 1 unspecified atom stereocenters. The maximum Gasteiger partial charge on any atom is 0.248 e. The summed E-state index contributed by atoms with van der Waals surface area (Å²) >= 11 is 0. The van der Waals surface area contributed by atoms with Crippen molar-refractivity contribution in [2.75, 3.05) is 0 Å². The molecule has 0 saturated heterocycles. The van der Waals surface area contributed by atoms with Crippen molar-refractivity contribution in [3.63, 3.8) is 0 Å². The molecule has 1 saturated carbocycles. The average Bonchev–Trinajstić information content (AvgIpc) is 2.36. The Labute approximate surface area is 113 Å². The Kier molecular flexibility index (Phi) is 4.53. The molecule has 3 N–H and O–H groups in total. The van der Waals surface area contributed by atoms with Crippen LogP contribution in [-0.2, 0) is 6.42 Å². The standard InChI is InChI=1S/C15H22F2N2/c1-11-3-2-4-12(9-11)10-14(19-18)13-5-7-15(16,17)8-6-13/h2-4,9,13-14,19H,5-8,10,18H2,1H3. The number of aryl methyl sites for hydroxylation is 1. The van der Waals surface area contributed by atoms with Crippen molar-refractivity contribution in [3.05, 3.63) is 35.4 Å². The van der Waals surface area contributed by atoms with E-state index in [9.17, 15) is 8.78 Å². The molecule has 1 atom stereocenters. The lowest BCUT2D eigenvalue weighted by atomic mass is 9.80. The van der Waals surface area contributed by atoms with Crippen molar-refractivity contribution in [1.82, 2.24) is 5.43 Å². The second-order valence-corrected chi connectivity index (χ2v) is 5.66. The highest BCUT2D eigenvalue weighted by molar-refractivity contribution is 5.23. The molecule has 0 amide bonds. The molecule has 1 fully saturated rings. The number of hydrazine groups is 1. The summed E-state index contributed by atoms with van der Waals surface area (Å²) in [6, 6.07) is 8.34. The van der Waals surface area contributed by atoms with E-state index in [2.05, 4.69) is 30.5 Å².